The maximum absolute atomic E-state index is 5.77. The largest absolute Gasteiger partial charge is 0.411 e. The van der Waals surface area contributed by atoms with Crippen molar-refractivity contribution in [3.05, 3.63) is 30.5 Å². The summed E-state index contributed by atoms with van der Waals surface area (Å²) in [5, 5.41) is 11.2. The molecule has 0 fully saturated rings. The smallest absolute Gasteiger partial charge is 0.276 e. The highest BCUT2D eigenvalue weighted by molar-refractivity contribution is 8.00. The Morgan fingerprint density at radius 1 is 1.20 bits per heavy atom. The number of fused-ring (bicyclic) bond motifs is 1. The van der Waals surface area contributed by atoms with Gasteiger partial charge in [0, 0.05) is 17.1 Å². The average molecular weight is 303 g/mol. The van der Waals surface area contributed by atoms with Gasteiger partial charge in [0.25, 0.3) is 11.1 Å². The maximum atomic E-state index is 5.77. The molecule has 1 aromatic carbocycles. The number of rotatable bonds is 4. The van der Waals surface area contributed by atoms with Crippen LogP contribution in [0.5, 0.6) is 0 Å². The number of H-pyrrole nitrogens is 1. The molecule has 0 aliphatic carbocycles. The van der Waals surface area contributed by atoms with Crippen LogP contribution in [0, 0.1) is 0 Å². The molecule has 0 radical (unpaired) electrons. The molecule has 0 saturated carbocycles. The number of aromatic nitrogens is 3. The third kappa shape index (κ3) is 2.81. The first-order valence-electron chi connectivity index (χ1n) is 6.56. The Bertz CT molecular complexity index is 729. The number of nitrogens with zero attached hydrogens (tertiary/aromatic N) is 2. The van der Waals surface area contributed by atoms with E-state index in [9.17, 15) is 0 Å². The van der Waals surface area contributed by atoms with E-state index in [4.69, 9.17) is 4.42 Å². The minimum absolute atomic E-state index is 0.584. The van der Waals surface area contributed by atoms with Crippen molar-refractivity contribution < 1.29 is 4.42 Å². The lowest BCUT2D eigenvalue weighted by Crippen LogP contribution is -2.23. The zero-order chi connectivity index (χ0) is 14.2. The van der Waals surface area contributed by atoms with Crippen LogP contribution in [-0.4, -0.2) is 28.6 Å². The fourth-order valence-corrected chi connectivity index (χ4v) is 4.37. The second-order valence-corrected chi connectivity index (χ2v) is 12.9. The van der Waals surface area contributed by atoms with Gasteiger partial charge in [-0.05, 0) is 11.4 Å². The minimum Gasteiger partial charge on any atom is -0.411 e. The molecule has 0 amide bonds. The topological polar surface area (TPSA) is 54.7 Å². The molecule has 2 heterocycles. The Kier molecular flexibility index (Phi) is 3.43. The molecule has 0 saturated heterocycles. The van der Waals surface area contributed by atoms with Crippen LogP contribution >= 0.6 is 11.8 Å². The minimum atomic E-state index is -1.11. The SMILES string of the molecule is C[Si](C)(C)CSc1nnc(-c2c[nH]c3ccccc23)o1. The molecular formula is C14H17N3OSSi. The molecule has 0 atom stereocenters. The van der Waals surface area contributed by atoms with E-state index in [-0.39, 0.29) is 0 Å². The molecule has 104 valence electrons. The number of hydrogen-bond donors (Lipinski definition) is 1. The number of nitrogens with one attached hydrogen (secondary N) is 1. The summed E-state index contributed by atoms with van der Waals surface area (Å²) in [6, 6.07) is 8.11. The summed E-state index contributed by atoms with van der Waals surface area (Å²) in [7, 11) is -1.11. The quantitative estimate of drug-likeness (QED) is 0.580. The number of aromatic amines is 1. The molecule has 3 aromatic rings. The number of thioether (sulfide) groups is 1. The molecule has 4 nitrogen and oxygen atoms in total. The zero-order valence-corrected chi connectivity index (χ0v) is 13.6. The van der Waals surface area contributed by atoms with Crippen molar-refractivity contribution in [2.24, 2.45) is 0 Å². The zero-order valence-electron chi connectivity index (χ0n) is 11.8. The van der Waals surface area contributed by atoms with Crippen LogP contribution in [0.4, 0.5) is 0 Å². The van der Waals surface area contributed by atoms with Gasteiger partial charge < -0.3 is 9.40 Å². The average Bonchev–Trinajstić information content (AvgIpc) is 3.01. The van der Waals surface area contributed by atoms with Gasteiger partial charge in [-0.2, -0.15) is 0 Å². The van der Waals surface area contributed by atoms with Crippen LogP contribution in [-0.2, 0) is 0 Å². The standard InChI is InChI=1S/C14H17N3OSSi/c1-20(2,3)9-19-14-17-16-13(18-14)11-8-15-12-7-5-4-6-10(11)12/h4-8,15H,9H2,1-3H3. The molecule has 0 unspecified atom stereocenters. The van der Waals surface area contributed by atoms with Gasteiger partial charge in [-0.25, -0.2) is 0 Å². The van der Waals surface area contributed by atoms with Gasteiger partial charge >= 0.3 is 0 Å². The van der Waals surface area contributed by atoms with Gasteiger partial charge in [0.15, 0.2) is 0 Å². The molecule has 2 aromatic heterocycles. The number of benzene rings is 1. The van der Waals surface area contributed by atoms with E-state index in [2.05, 4.69) is 40.9 Å². The first-order valence-corrected chi connectivity index (χ1v) is 11.2. The fraction of sp³-hybridized carbons (Fsp3) is 0.286. The van der Waals surface area contributed by atoms with Crippen molar-refractivity contribution in [3.8, 4) is 11.5 Å². The molecule has 3 rings (SSSR count). The van der Waals surface area contributed by atoms with Gasteiger partial charge in [0.1, 0.15) is 0 Å². The predicted molar refractivity (Wildman–Crippen MR) is 85.7 cm³/mol. The molecule has 0 spiro atoms. The van der Waals surface area contributed by atoms with Gasteiger partial charge in [0.05, 0.1) is 13.6 Å². The summed E-state index contributed by atoms with van der Waals surface area (Å²) < 4.78 is 5.77. The second-order valence-electron chi connectivity index (χ2n) is 5.97. The normalized spacial score (nSPS) is 12.2. The number of para-hydroxylation sites is 1. The summed E-state index contributed by atoms with van der Waals surface area (Å²) in [4.78, 5) is 3.22. The summed E-state index contributed by atoms with van der Waals surface area (Å²) >= 11 is 1.66. The first-order chi connectivity index (χ1) is 9.53. The number of hydrogen-bond acceptors (Lipinski definition) is 4. The van der Waals surface area contributed by atoms with Crippen molar-refractivity contribution in [1.82, 2.24) is 15.2 Å². The van der Waals surface area contributed by atoms with Gasteiger partial charge in [-0.15, -0.1) is 10.2 Å². The third-order valence-corrected chi connectivity index (χ3v) is 7.31. The van der Waals surface area contributed by atoms with E-state index < -0.39 is 8.07 Å². The van der Waals surface area contributed by atoms with Crippen molar-refractivity contribution in [2.75, 3.05) is 5.38 Å². The van der Waals surface area contributed by atoms with Crippen LogP contribution in [0.2, 0.25) is 19.6 Å². The molecular weight excluding hydrogens is 286 g/mol. The van der Waals surface area contributed by atoms with Crippen LogP contribution in [0.3, 0.4) is 0 Å². The lowest BCUT2D eigenvalue weighted by atomic mass is 10.2. The van der Waals surface area contributed by atoms with E-state index in [0.29, 0.717) is 11.1 Å². The summed E-state index contributed by atoms with van der Waals surface area (Å²) in [5.41, 5.74) is 2.05. The fourth-order valence-electron chi connectivity index (χ4n) is 1.90. The highest BCUT2D eigenvalue weighted by Crippen LogP contribution is 2.30. The molecule has 20 heavy (non-hydrogen) atoms. The van der Waals surface area contributed by atoms with Crippen LogP contribution in [0.1, 0.15) is 0 Å². The van der Waals surface area contributed by atoms with Crippen molar-refractivity contribution in [2.45, 2.75) is 24.9 Å². The van der Waals surface area contributed by atoms with Gasteiger partial charge in [-0.3, -0.25) is 0 Å². The summed E-state index contributed by atoms with van der Waals surface area (Å²) in [6.45, 7) is 6.99. The van der Waals surface area contributed by atoms with E-state index in [0.717, 1.165) is 21.8 Å². The van der Waals surface area contributed by atoms with E-state index >= 15 is 0 Å². The Balaban J connectivity index is 1.86. The van der Waals surface area contributed by atoms with E-state index in [1.807, 2.05) is 24.4 Å². The van der Waals surface area contributed by atoms with E-state index in [1.54, 1.807) is 11.8 Å². The van der Waals surface area contributed by atoms with E-state index in [1.165, 1.54) is 0 Å². The molecule has 6 heteroatoms. The van der Waals surface area contributed by atoms with Crippen molar-refractivity contribution in [3.63, 3.8) is 0 Å². The van der Waals surface area contributed by atoms with Crippen LogP contribution in [0.25, 0.3) is 22.4 Å². The second kappa shape index (κ2) is 5.10. The summed E-state index contributed by atoms with van der Waals surface area (Å²) in [6.07, 6.45) is 1.92. The maximum Gasteiger partial charge on any atom is 0.276 e. The van der Waals surface area contributed by atoms with Crippen molar-refractivity contribution in [1.29, 1.82) is 0 Å². The summed E-state index contributed by atoms with van der Waals surface area (Å²) in [5.74, 6) is 0.584. The lowest BCUT2D eigenvalue weighted by molar-refractivity contribution is 0.466. The molecule has 1 N–H and O–H groups in total. The third-order valence-electron chi connectivity index (χ3n) is 2.85. The van der Waals surface area contributed by atoms with Crippen LogP contribution < -0.4 is 0 Å². The predicted octanol–water partition coefficient (Wildman–Crippen LogP) is 4.19. The van der Waals surface area contributed by atoms with Crippen molar-refractivity contribution >= 4 is 30.7 Å². The highest BCUT2D eigenvalue weighted by Gasteiger charge is 2.17. The lowest BCUT2D eigenvalue weighted by Gasteiger charge is -2.12. The highest BCUT2D eigenvalue weighted by atomic mass is 32.2. The Morgan fingerprint density at radius 2 is 2.00 bits per heavy atom. The Labute approximate surface area is 123 Å². The monoisotopic (exact) mass is 303 g/mol. The van der Waals surface area contributed by atoms with Gasteiger partial charge in [0.2, 0.25) is 0 Å². The van der Waals surface area contributed by atoms with Gasteiger partial charge in [-0.1, -0.05) is 49.6 Å². The molecule has 0 aliphatic heterocycles. The Hall–Kier alpha value is -1.53. The van der Waals surface area contributed by atoms with Crippen LogP contribution in [0.15, 0.2) is 40.1 Å². The molecule has 0 aliphatic rings. The Morgan fingerprint density at radius 3 is 2.80 bits per heavy atom. The first kappa shape index (κ1) is 13.4. The molecule has 0 bridgehead atoms.